The fourth-order valence-electron chi connectivity index (χ4n) is 2.51. The zero-order valence-electron chi connectivity index (χ0n) is 13.0. The van der Waals surface area contributed by atoms with Gasteiger partial charge in [0.25, 0.3) is 16.1 Å². The minimum absolute atomic E-state index is 0.104. The highest BCUT2D eigenvalue weighted by Crippen LogP contribution is 2.13. The predicted molar refractivity (Wildman–Crippen MR) is 83.6 cm³/mol. The van der Waals surface area contributed by atoms with E-state index in [-0.39, 0.29) is 5.91 Å². The van der Waals surface area contributed by atoms with Crippen LogP contribution in [0.15, 0.2) is 24.5 Å². The molecule has 0 bridgehead atoms. The highest BCUT2D eigenvalue weighted by atomic mass is 32.2. The molecule has 2 rings (SSSR count). The van der Waals surface area contributed by atoms with Crippen molar-refractivity contribution in [1.82, 2.24) is 18.5 Å². The van der Waals surface area contributed by atoms with Crippen molar-refractivity contribution < 1.29 is 13.2 Å². The summed E-state index contributed by atoms with van der Waals surface area (Å²) in [5.74, 6) is -0.104. The summed E-state index contributed by atoms with van der Waals surface area (Å²) in [5.41, 5.74) is 0.530. The van der Waals surface area contributed by atoms with E-state index >= 15 is 0 Å². The molecule has 0 radical (unpaired) electrons. The molecule has 8 heteroatoms. The molecule has 122 valence electrons. The van der Waals surface area contributed by atoms with Crippen molar-refractivity contribution in [3.05, 3.63) is 30.1 Å². The van der Waals surface area contributed by atoms with Crippen LogP contribution in [0.1, 0.15) is 24.2 Å². The summed E-state index contributed by atoms with van der Waals surface area (Å²) in [5, 5.41) is 0. The van der Waals surface area contributed by atoms with E-state index in [4.69, 9.17) is 0 Å². The largest absolute Gasteiger partial charge is 0.336 e. The van der Waals surface area contributed by atoms with Gasteiger partial charge >= 0.3 is 0 Å². The Morgan fingerprint density at radius 2 is 1.86 bits per heavy atom. The second kappa shape index (κ2) is 7.17. The van der Waals surface area contributed by atoms with Gasteiger partial charge in [0.2, 0.25) is 0 Å². The number of carbonyl (C=O) groups is 1. The second-order valence-electron chi connectivity index (χ2n) is 5.03. The smallest absolute Gasteiger partial charge is 0.282 e. The van der Waals surface area contributed by atoms with Crippen LogP contribution in [0.25, 0.3) is 0 Å². The average molecular weight is 326 g/mol. The summed E-state index contributed by atoms with van der Waals surface area (Å²) in [6.07, 6.45) is 3.15. The van der Waals surface area contributed by atoms with Crippen molar-refractivity contribution in [1.29, 1.82) is 0 Å². The van der Waals surface area contributed by atoms with Crippen LogP contribution in [0.2, 0.25) is 0 Å². The lowest BCUT2D eigenvalue weighted by Gasteiger charge is -2.36. The van der Waals surface area contributed by atoms with E-state index < -0.39 is 10.2 Å². The molecule has 0 aromatic carbocycles. The number of piperazine rings is 1. The summed E-state index contributed by atoms with van der Waals surface area (Å²) in [6.45, 7) is 5.99. The molecule has 1 saturated heterocycles. The van der Waals surface area contributed by atoms with Gasteiger partial charge < -0.3 is 4.90 Å². The van der Waals surface area contributed by atoms with E-state index in [1.807, 2.05) is 13.8 Å². The van der Waals surface area contributed by atoms with Crippen LogP contribution in [0.3, 0.4) is 0 Å². The van der Waals surface area contributed by atoms with Crippen LogP contribution >= 0.6 is 0 Å². The van der Waals surface area contributed by atoms with Gasteiger partial charge in [-0.2, -0.15) is 17.0 Å². The molecule has 1 aliphatic heterocycles. The molecule has 1 aliphatic rings. The van der Waals surface area contributed by atoms with Gasteiger partial charge in [-0.3, -0.25) is 9.78 Å². The minimum atomic E-state index is -3.42. The number of aromatic nitrogens is 1. The van der Waals surface area contributed by atoms with E-state index in [0.29, 0.717) is 44.8 Å². The lowest BCUT2D eigenvalue weighted by atomic mass is 10.2. The van der Waals surface area contributed by atoms with Crippen LogP contribution in [-0.4, -0.2) is 72.1 Å². The minimum Gasteiger partial charge on any atom is -0.336 e. The van der Waals surface area contributed by atoms with E-state index in [2.05, 4.69) is 4.98 Å². The van der Waals surface area contributed by atoms with Crippen molar-refractivity contribution in [2.75, 3.05) is 39.3 Å². The van der Waals surface area contributed by atoms with E-state index in [1.165, 1.54) is 14.8 Å². The Kier molecular flexibility index (Phi) is 5.49. The fourth-order valence-corrected chi connectivity index (χ4v) is 4.11. The van der Waals surface area contributed by atoms with Gasteiger partial charge in [0.1, 0.15) is 0 Å². The van der Waals surface area contributed by atoms with Crippen LogP contribution in [0.5, 0.6) is 0 Å². The number of nitrogens with zero attached hydrogens (tertiary/aromatic N) is 4. The normalized spacial score (nSPS) is 17.0. The molecule has 1 aromatic rings. The van der Waals surface area contributed by atoms with Crippen LogP contribution in [-0.2, 0) is 10.2 Å². The van der Waals surface area contributed by atoms with E-state index in [0.717, 1.165) is 0 Å². The van der Waals surface area contributed by atoms with Crippen molar-refractivity contribution in [3.63, 3.8) is 0 Å². The third-order valence-corrected chi connectivity index (χ3v) is 5.98. The maximum Gasteiger partial charge on any atom is 0.282 e. The summed E-state index contributed by atoms with van der Waals surface area (Å²) >= 11 is 0. The Morgan fingerprint density at radius 3 is 2.36 bits per heavy atom. The summed E-state index contributed by atoms with van der Waals surface area (Å²) in [7, 11) is -3.42. The Labute approximate surface area is 131 Å². The number of carbonyl (C=O) groups excluding carboxylic acids is 1. The van der Waals surface area contributed by atoms with Crippen molar-refractivity contribution in [2.24, 2.45) is 0 Å². The van der Waals surface area contributed by atoms with Gasteiger partial charge in [0.15, 0.2) is 0 Å². The van der Waals surface area contributed by atoms with Crippen LogP contribution < -0.4 is 0 Å². The van der Waals surface area contributed by atoms with Gasteiger partial charge in [-0.05, 0) is 12.1 Å². The average Bonchev–Trinajstić information content (AvgIpc) is 2.56. The predicted octanol–water partition coefficient (Wildman–Crippen LogP) is 0.426. The first-order valence-corrected chi connectivity index (χ1v) is 8.85. The molecular formula is C14H22N4O3S. The fraction of sp³-hybridized carbons (Fsp3) is 0.571. The number of rotatable bonds is 5. The lowest BCUT2D eigenvalue weighted by Crippen LogP contribution is -2.54. The molecular weight excluding hydrogens is 304 g/mol. The number of pyridine rings is 1. The van der Waals surface area contributed by atoms with Crippen molar-refractivity contribution in [3.8, 4) is 0 Å². The number of hydrogen-bond donors (Lipinski definition) is 0. The lowest BCUT2D eigenvalue weighted by molar-refractivity contribution is 0.0694. The monoisotopic (exact) mass is 326 g/mol. The molecule has 0 atom stereocenters. The first-order chi connectivity index (χ1) is 10.5. The van der Waals surface area contributed by atoms with Crippen molar-refractivity contribution in [2.45, 2.75) is 13.8 Å². The molecule has 0 aliphatic carbocycles. The third kappa shape index (κ3) is 3.45. The highest BCUT2D eigenvalue weighted by Gasteiger charge is 2.32. The number of amides is 1. The quantitative estimate of drug-likeness (QED) is 0.786. The Bertz CT molecular complexity index is 594. The molecule has 2 heterocycles. The van der Waals surface area contributed by atoms with E-state index in [9.17, 15) is 13.2 Å². The summed E-state index contributed by atoms with van der Waals surface area (Å²) in [6, 6.07) is 3.43. The van der Waals surface area contributed by atoms with Crippen molar-refractivity contribution >= 4 is 16.1 Å². The topological polar surface area (TPSA) is 73.8 Å². The molecule has 0 unspecified atom stereocenters. The first-order valence-electron chi connectivity index (χ1n) is 7.45. The third-order valence-electron chi connectivity index (χ3n) is 3.79. The molecule has 22 heavy (non-hydrogen) atoms. The molecule has 1 aromatic heterocycles. The first kappa shape index (κ1) is 16.9. The molecule has 1 amide bonds. The molecule has 0 N–H and O–H groups in total. The molecule has 0 saturated carbocycles. The van der Waals surface area contributed by atoms with Gasteiger partial charge in [-0.1, -0.05) is 13.8 Å². The standard InChI is InChI=1S/C14H22N4O3S/c1-3-17(4-2)22(20,21)18-10-8-16(9-11-18)14(19)13-6-5-7-15-12-13/h5-7,12H,3-4,8-11H2,1-2H3. The van der Waals surface area contributed by atoms with Gasteiger partial charge in [-0.25, -0.2) is 0 Å². The molecule has 0 spiro atoms. The zero-order chi connectivity index (χ0) is 16.2. The Hall–Kier alpha value is -1.51. The van der Waals surface area contributed by atoms with Crippen LogP contribution in [0.4, 0.5) is 0 Å². The number of hydrogen-bond acceptors (Lipinski definition) is 4. The zero-order valence-corrected chi connectivity index (χ0v) is 13.8. The second-order valence-corrected chi connectivity index (χ2v) is 6.95. The molecule has 1 fully saturated rings. The Morgan fingerprint density at radius 1 is 1.23 bits per heavy atom. The van der Waals surface area contributed by atoms with Gasteiger partial charge in [0.05, 0.1) is 5.56 Å². The maximum absolute atomic E-state index is 12.4. The molecule has 7 nitrogen and oxygen atoms in total. The Balaban J connectivity index is 2.00. The summed E-state index contributed by atoms with van der Waals surface area (Å²) in [4.78, 5) is 17.9. The SMILES string of the molecule is CCN(CC)S(=O)(=O)N1CCN(C(=O)c2cccnc2)CC1. The van der Waals surface area contributed by atoms with E-state index in [1.54, 1.807) is 23.2 Å². The summed E-state index contributed by atoms with van der Waals surface area (Å²) < 4.78 is 27.8. The van der Waals surface area contributed by atoms with Gasteiger partial charge in [-0.15, -0.1) is 0 Å². The van der Waals surface area contributed by atoms with Gasteiger partial charge in [0, 0.05) is 51.7 Å². The van der Waals surface area contributed by atoms with Crippen LogP contribution in [0, 0.1) is 0 Å². The maximum atomic E-state index is 12.4. The highest BCUT2D eigenvalue weighted by molar-refractivity contribution is 7.86.